The van der Waals surface area contributed by atoms with Crippen LogP contribution in [-0.2, 0) is 9.59 Å². The Labute approximate surface area is 174 Å². The number of imide groups is 1. The van der Waals surface area contributed by atoms with Crippen LogP contribution in [0.1, 0.15) is 10.4 Å². The minimum Gasteiger partial charge on any atom is -0.350 e. The van der Waals surface area contributed by atoms with E-state index >= 15 is 0 Å². The maximum absolute atomic E-state index is 14.3. The third kappa shape index (κ3) is 3.32. The van der Waals surface area contributed by atoms with E-state index in [1.807, 2.05) is 0 Å². The van der Waals surface area contributed by atoms with E-state index in [0.717, 1.165) is 12.1 Å². The van der Waals surface area contributed by atoms with Crippen molar-refractivity contribution in [2.75, 3.05) is 10.2 Å². The molecule has 3 aromatic rings. The Morgan fingerprint density at radius 3 is 2.52 bits per heavy atom. The van der Waals surface area contributed by atoms with Crippen molar-refractivity contribution in [1.29, 1.82) is 0 Å². The van der Waals surface area contributed by atoms with Gasteiger partial charge in [0.15, 0.2) is 0 Å². The summed E-state index contributed by atoms with van der Waals surface area (Å²) in [4.78, 5) is 27.6. The molecule has 2 amide bonds. The van der Waals surface area contributed by atoms with Crippen molar-refractivity contribution in [3.63, 3.8) is 0 Å². The van der Waals surface area contributed by atoms with E-state index in [-0.39, 0.29) is 17.0 Å². The number of nitrogens with one attached hydrogen (secondary N) is 1. The first kappa shape index (κ1) is 19.3. The number of carbonyl (C=O) groups is 2. The highest BCUT2D eigenvalue weighted by atomic mass is 35.5. The standard InChI is InChI=1S/C21H13ClF2N2O2S/c1-11-13(22)4-2-5-15(11)25-19-18(17-6-3-9-29-17)20(27)26(21(19)28)16-8-7-12(23)10-14(16)24/h2-10,25H,1H3. The van der Waals surface area contributed by atoms with Crippen LogP contribution in [0.15, 0.2) is 59.6 Å². The highest BCUT2D eigenvalue weighted by Crippen LogP contribution is 2.37. The Morgan fingerprint density at radius 1 is 1.03 bits per heavy atom. The molecule has 1 aliphatic rings. The van der Waals surface area contributed by atoms with Crippen LogP contribution in [-0.4, -0.2) is 11.8 Å². The molecule has 1 N–H and O–H groups in total. The number of anilines is 2. The van der Waals surface area contributed by atoms with E-state index in [1.54, 1.807) is 42.6 Å². The number of hydrogen-bond acceptors (Lipinski definition) is 4. The van der Waals surface area contributed by atoms with Gasteiger partial charge in [-0.2, -0.15) is 0 Å². The fraction of sp³-hybridized carbons (Fsp3) is 0.0476. The molecule has 2 heterocycles. The molecule has 0 fully saturated rings. The molecule has 4 rings (SSSR count). The maximum Gasteiger partial charge on any atom is 0.282 e. The first-order valence-corrected chi connectivity index (χ1v) is 9.78. The van der Waals surface area contributed by atoms with Crippen LogP contribution in [0, 0.1) is 18.6 Å². The van der Waals surface area contributed by atoms with Gasteiger partial charge in [-0.05, 0) is 48.2 Å². The van der Waals surface area contributed by atoms with Gasteiger partial charge in [0.25, 0.3) is 11.8 Å². The largest absolute Gasteiger partial charge is 0.350 e. The average Bonchev–Trinajstić information content (AvgIpc) is 3.27. The summed E-state index contributed by atoms with van der Waals surface area (Å²) in [5.74, 6) is -3.23. The van der Waals surface area contributed by atoms with Crippen LogP contribution in [0.5, 0.6) is 0 Å². The lowest BCUT2D eigenvalue weighted by Gasteiger charge is -2.16. The third-order valence-electron chi connectivity index (χ3n) is 4.53. The van der Waals surface area contributed by atoms with Gasteiger partial charge in [-0.1, -0.05) is 23.7 Å². The SMILES string of the molecule is Cc1c(Cl)cccc1NC1=C(c2cccs2)C(=O)N(c2ccc(F)cc2F)C1=O. The van der Waals surface area contributed by atoms with Crippen LogP contribution in [0.4, 0.5) is 20.2 Å². The quantitative estimate of drug-likeness (QED) is 0.565. The van der Waals surface area contributed by atoms with Crippen molar-refractivity contribution in [2.45, 2.75) is 6.92 Å². The highest BCUT2D eigenvalue weighted by molar-refractivity contribution is 7.11. The topological polar surface area (TPSA) is 49.4 Å². The summed E-state index contributed by atoms with van der Waals surface area (Å²) < 4.78 is 27.7. The molecular weight excluding hydrogens is 418 g/mol. The molecule has 146 valence electrons. The summed E-state index contributed by atoms with van der Waals surface area (Å²) in [6.07, 6.45) is 0. The normalized spacial score (nSPS) is 14.1. The van der Waals surface area contributed by atoms with Crippen LogP contribution in [0.25, 0.3) is 5.57 Å². The average molecular weight is 431 g/mol. The number of amides is 2. The summed E-state index contributed by atoms with van der Waals surface area (Å²) in [7, 11) is 0. The minimum absolute atomic E-state index is 0.00606. The number of nitrogens with zero attached hydrogens (tertiary/aromatic N) is 1. The van der Waals surface area contributed by atoms with Gasteiger partial charge < -0.3 is 5.32 Å². The Bertz CT molecular complexity index is 1180. The number of thiophene rings is 1. The molecule has 0 saturated heterocycles. The number of halogens is 3. The summed E-state index contributed by atoms with van der Waals surface area (Å²) >= 11 is 7.43. The Kier molecular flexibility index (Phi) is 4.94. The summed E-state index contributed by atoms with van der Waals surface area (Å²) in [6, 6.07) is 11.3. The maximum atomic E-state index is 14.3. The van der Waals surface area contributed by atoms with Gasteiger partial charge in [0, 0.05) is 21.7 Å². The molecule has 0 bridgehead atoms. The smallest absolute Gasteiger partial charge is 0.282 e. The molecule has 1 aromatic heterocycles. The number of carbonyl (C=O) groups excluding carboxylic acids is 2. The molecule has 8 heteroatoms. The van der Waals surface area contributed by atoms with Gasteiger partial charge >= 0.3 is 0 Å². The molecule has 0 aliphatic carbocycles. The molecule has 0 spiro atoms. The monoisotopic (exact) mass is 430 g/mol. The van der Waals surface area contributed by atoms with Gasteiger partial charge in [0.05, 0.1) is 11.3 Å². The van der Waals surface area contributed by atoms with Gasteiger partial charge in [-0.15, -0.1) is 11.3 Å². The van der Waals surface area contributed by atoms with Crippen molar-refractivity contribution in [1.82, 2.24) is 0 Å². The summed E-state index contributed by atoms with van der Waals surface area (Å²) in [6.45, 7) is 1.77. The zero-order valence-corrected chi connectivity index (χ0v) is 16.6. The van der Waals surface area contributed by atoms with Gasteiger partial charge in [-0.3, -0.25) is 9.59 Å². The fourth-order valence-electron chi connectivity index (χ4n) is 3.05. The van der Waals surface area contributed by atoms with E-state index in [2.05, 4.69) is 5.32 Å². The van der Waals surface area contributed by atoms with Crippen molar-refractivity contribution < 1.29 is 18.4 Å². The van der Waals surface area contributed by atoms with Gasteiger partial charge in [0.1, 0.15) is 17.3 Å². The number of rotatable bonds is 4. The van der Waals surface area contributed by atoms with Crippen molar-refractivity contribution >= 4 is 51.7 Å². The number of benzene rings is 2. The van der Waals surface area contributed by atoms with Crippen molar-refractivity contribution in [3.8, 4) is 0 Å². The van der Waals surface area contributed by atoms with Gasteiger partial charge in [-0.25, -0.2) is 13.7 Å². The highest BCUT2D eigenvalue weighted by Gasteiger charge is 2.42. The second-order valence-corrected chi connectivity index (χ2v) is 7.66. The lowest BCUT2D eigenvalue weighted by molar-refractivity contribution is -0.120. The third-order valence-corrected chi connectivity index (χ3v) is 5.83. The van der Waals surface area contributed by atoms with E-state index < -0.39 is 23.4 Å². The Balaban J connectivity index is 1.84. The van der Waals surface area contributed by atoms with Crippen LogP contribution < -0.4 is 10.2 Å². The Morgan fingerprint density at radius 2 is 1.83 bits per heavy atom. The molecule has 0 radical (unpaired) electrons. The zero-order valence-electron chi connectivity index (χ0n) is 15.0. The van der Waals surface area contributed by atoms with Crippen LogP contribution in [0.2, 0.25) is 5.02 Å². The molecule has 0 atom stereocenters. The molecular formula is C21H13ClF2N2O2S. The minimum atomic E-state index is -1.00. The van der Waals surface area contributed by atoms with E-state index in [4.69, 9.17) is 11.6 Å². The lowest BCUT2D eigenvalue weighted by Crippen LogP contribution is -2.33. The zero-order chi connectivity index (χ0) is 20.7. The molecule has 0 saturated carbocycles. The molecule has 29 heavy (non-hydrogen) atoms. The first-order valence-electron chi connectivity index (χ1n) is 8.52. The lowest BCUT2D eigenvalue weighted by atomic mass is 10.1. The van der Waals surface area contributed by atoms with Crippen LogP contribution in [0.3, 0.4) is 0 Å². The van der Waals surface area contributed by atoms with Gasteiger partial charge in [0.2, 0.25) is 0 Å². The van der Waals surface area contributed by atoms with Crippen molar-refractivity contribution in [2.24, 2.45) is 0 Å². The molecule has 0 unspecified atom stereocenters. The second-order valence-electron chi connectivity index (χ2n) is 6.31. The Hall–Kier alpha value is -3.03. The van der Waals surface area contributed by atoms with Crippen molar-refractivity contribution in [3.05, 3.63) is 86.7 Å². The molecule has 1 aliphatic heterocycles. The predicted molar refractivity (Wildman–Crippen MR) is 110 cm³/mol. The van der Waals surface area contributed by atoms with E-state index in [1.165, 1.54) is 11.3 Å². The van der Waals surface area contributed by atoms with E-state index in [0.29, 0.717) is 32.1 Å². The summed E-state index contributed by atoms with van der Waals surface area (Å²) in [5.41, 5.74) is 1.05. The van der Waals surface area contributed by atoms with Crippen LogP contribution >= 0.6 is 22.9 Å². The first-order chi connectivity index (χ1) is 13.9. The summed E-state index contributed by atoms with van der Waals surface area (Å²) in [5, 5.41) is 5.25. The second kappa shape index (κ2) is 7.42. The molecule has 4 nitrogen and oxygen atoms in total. The number of hydrogen-bond donors (Lipinski definition) is 1. The molecule has 2 aromatic carbocycles. The fourth-order valence-corrected chi connectivity index (χ4v) is 4.00. The predicted octanol–water partition coefficient (Wildman–Crippen LogP) is 5.38. The van der Waals surface area contributed by atoms with E-state index in [9.17, 15) is 18.4 Å².